The summed E-state index contributed by atoms with van der Waals surface area (Å²) in [6, 6.07) is 9.81. The van der Waals surface area contributed by atoms with E-state index in [9.17, 15) is 4.79 Å². The fraction of sp³-hybridized carbons (Fsp3) is 0.100. The Balaban J connectivity index is 2.32. The molecule has 1 aromatic heterocycles. The van der Waals surface area contributed by atoms with Crippen LogP contribution in [-0.4, -0.2) is 9.55 Å². The first-order valence-electron chi connectivity index (χ1n) is 4.28. The number of nitrogens with zero attached hydrogens (tertiary/aromatic N) is 1. The lowest BCUT2D eigenvalue weighted by Gasteiger charge is -2.02. The number of hydrogen-bond acceptors (Lipinski definition) is 2. The average Bonchev–Trinajstić information content (AvgIpc) is 2.51. The monoisotopic (exact) mass is 206 g/mol. The molecule has 1 heterocycles. The highest BCUT2D eigenvalue weighted by atomic mass is 32.1. The lowest BCUT2D eigenvalue weighted by molar-refractivity contribution is 0.703. The van der Waals surface area contributed by atoms with Gasteiger partial charge in [-0.1, -0.05) is 30.3 Å². The standard InChI is InChI=1S/C10H10N2OS/c13-10-11-6-9(14)12(10)7-8-4-2-1-3-5-8/h1-6,14H,7H2,(H,11,13). The van der Waals surface area contributed by atoms with Crippen molar-refractivity contribution >= 4 is 12.6 Å². The molecular formula is C10H10N2OS. The molecule has 0 aliphatic heterocycles. The number of aromatic amines is 1. The zero-order valence-electron chi connectivity index (χ0n) is 7.47. The van der Waals surface area contributed by atoms with E-state index in [1.165, 1.54) is 0 Å². The molecule has 0 aliphatic carbocycles. The van der Waals surface area contributed by atoms with Crippen LogP contribution in [0, 0.1) is 0 Å². The van der Waals surface area contributed by atoms with Crippen LogP contribution in [0.1, 0.15) is 5.56 Å². The molecule has 2 rings (SSSR count). The maximum absolute atomic E-state index is 11.3. The van der Waals surface area contributed by atoms with Gasteiger partial charge in [0.2, 0.25) is 0 Å². The Bertz CT molecular complexity index is 472. The fourth-order valence-corrected chi connectivity index (χ4v) is 1.53. The van der Waals surface area contributed by atoms with Crippen molar-refractivity contribution in [1.82, 2.24) is 9.55 Å². The van der Waals surface area contributed by atoms with Crippen LogP contribution in [0.5, 0.6) is 0 Å². The van der Waals surface area contributed by atoms with E-state index in [1.54, 1.807) is 10.8 Å². The summed E-state index contributed by atoms with van der Waals surface area (Å²) in [6.45, 7) is 0.558. The summed E-state index contributed by atoms with van der Waals surface area (Å²) in [4.78, 5) is 13.9. The molecule has 0 radical (unpaired) electrons. The summed E-state index contributed by atoms with van der Waals surface area (Å²) >= 11 is 4.18. The van der Waals surface area contributed by atoms with Crippen LogP contribution in [0.2, 0.25) is 0 Å². The van der Waals surface area contributed by atoms with Gasteiger partial charge in [-0.15, -0.1) is 12.6 Å². The quantitative estimate of drug-likeness (QED) is 0.718. The molecule has 0 saturated carbocycles. The van der Waals surface area contributed by atoms with Crippen molar-refractivity contribution in [2.45, 2.75) is 11.6 Å². The number of benzene rings is 1. The second-order valence-corrected chi connectivity index (χ2v) is 3.48. The van der Waals surface area contributed by atoms with Gasteiger partial charge in [0.25, 0.3) is 0 Å². The molecule has 0 saturated heterocycles. The van der Waals surface area contributed by atoms with Gasteiger partial charge in [0.05, 0.1) is 11.6 Å². The van der Waals surface area contributed by atoms with Crippen LogP contribution in [0.15, 0.2) is 46.3 Å². The highest BCUT2D eigenvalue weighted by Crippen LogP contribution is 2.05. The lowest BCUT2D eigenvalue weighted by Crippen LogP contribution is -2.17. The SMILES string of the molecule is O=c1[nH]cc(S)n1Cc1ccccc1. The normalized spacial score (nSPS) is 10.4. The van der Waals surface area contributed by atoms with Crippen LogP contribution in [-0.2, 0) is 6.54 Å². The number of thiol groups is 1. The largest absolute Gasteiger partial charge is 0.326 e. The number of hydrogen-bond donors (Lipinski definition) is 2. The number of H-pyrrole nitrogens is 1. The Morgan fingerprint density at radius 1 is 1.29 bits per heavy atom. The van der Waals surface area contributed by atoms with E-state index in [1.807, 2.05) is 30.3 Å². The Morgan fingerprint density at radius 2 is 2.00 bits per heavy atom. The summed E-state index contributed by atoms with van der Waals surface area (Å²) in [6.07, 6.45) is 1.59. The van der Waals surface area contributed by atoms with Gasteiger partial charge in [-0.25, -0.2) is 4.79 Å². The van der Waals surface area contributed by atoms with Gasteiger partial charge >= 0.3 is 5.69 Å². The second kappa shape index (κ2) is 3.75. The van der Waals surface area contributed by atoms with Crippen molar-refractivity contribution in [2.24, 2.45) is 0 Å². The van der Waals surface area contributed by atoms with Crippen LogP contribution < -0.4 is 5.69 Å². The maximum atomic E-state index is 11.3. The molecule has 0 unspecified atom stereocenters. The Morgan fingerprint density at radius 3 is 2.57 bits per heavy atom. The minimum absolute atomic E-state index is 0.126. The van der Waals surface area contributed by atoms with Crippen molar-refractivity contribution in [3.05, 3.63) is 52.6 Å². The van der Waals surface area contributed by atoms with Crippen molar-refractivity contribution in [3.8, 4) is 0 Å². The smallest absolute Gasteiger partial charge is 0.312 e. The van der Waals surface area contributed by atoms with Gasteiger partial charge in [-0.05, 0) is 5.56 Å². The zero-order chi connectivity index (χ0) is 9.97. The van der Waals surface area contributed by atoms with Crippen LogP contribution in [0.25, 0.3) is 0 Å². The van der Waals surface area contributed by atoms with E-state index in [4.69, 9.17) is 0 Å². The molecule has 3 nitrogen and oxygen atoms in total. The van der Waals surface area contributed by atoms with Gasteiger partial charge in [0.15, 0.2) is 0 Å². The molecule has 0 fully saturated rings. The molecule has 0 amide bonds. The Kier molecular flexibility index (Phi) is 2.45. The summed E-state index contributed by atoms with van der Waals surface area (Å²) in [5.41, 5.74) is 0.961. The maximum Gasteiger partial charge on any atom is 0.326 e. The number of imidazole rings is 1. The molecule has 0 atom stereocenters. The highest BCUT2D eigenvalue weighted by molar-refractivity contribution is 7.80. The minimum atomic E-state index is -0.126. The van der Waals surface area contributed by atoms with E-state index in [0.29, 0.717) is 11.6 Å². The van der Waals surface area contributed by atoms with Crippen molar-refractivity contribution < 1.29 is 0 Å². The molecule has 14 heavy (non-hydrogen) atoms. The molecule has 72 valence electrons. The predicted octanol–water partition coefficient (Wildman–Crippen LogP) is 1.51. The molecule has 0 bridgehead atoms. The minimum Gasteiger partial charge on any atom is -0.312 e. The predicted molar refractivity (Wildman–Crippen MR) is 57.8 cm³/mol. The van der Waals surface area contributed by atoms with Gasteiger partial charge in [-0.3, -0.25) is 4.57 Å². The summed E-state index contributed by atoms with van der Waals surface area (Å²) in [5, 5.41) is 0.652. The molecule has 1 N–H and O–H groups in total. The van der Waals surface area contributed by atoms with Crippen LogP contribution >= 0.6 is 12.6 Å². The highest BCUT2D eigenvalue weighted by Gasteiger charge is 2.02. The van der Waals surface area contributed by atoms with E-state index in [0.717, 1.165) is 5.56 Å². The van der Waals surface area contributed by atoms with E-state index >= 15 is 0 Å². The Labute approximate surface area is 86.8 Å². The van der Waals surface area contributed by atoms with Gasteiger partial charge in [0.1, 0.15) is 0 Å². The van der Waals surface area contributed by atoms with E-state index in [2.05, 4.69) is 17.6 Å². The molecule has 2 aromatic rings. The number of nitrogens with one attached hydrogen (secondary N) is 1. The van der Waals surface area contributed by atoms with Gasteiger partial charge in [0, 0.05) is 6.20 Å². The molecule has 0 aliphatic rings. The third-order valence-electron chi connectivity index (χ3n) is 2.03. The van der Waals surface area contributed by atoms with Crippen LogP contribution in [0.4, 0.5) is 0 Å². The summed E-state index contributed by atoms with van der Waals surface area (Å²) < 4.78 is 1.58. The fourth-order valence-electron chi connectivity index (χ4n) is 1.30. The first kappa shape index (κ1) is 9.15. The van der Waals surface area contributed by atoms with Crippen molar-refractivity contribution in [3.63, 3.8) is 0 Å². The van der Waals surface area contributed by atoms with Crippen LogP contribution in [0.3, 0.4) is 0 Å². The third kappa shape index (κ3) is 1.75. The van der Waals surface area contributed by atoms with Gasteiger partial charge in [-0.2, -0.15) is 0 Å². The van der Waals surface area contributed by atoms with E-state index in [-0.39, 0.29) is 5.69 Å². The lowest BCUT2D eigenvalue weighted by atomic mass is 10.2. The number of rotatable bonds is 2. The Hall–Kier alpha value is -1.42. The van der Waals surface area contributed by atoms with Crippen molar-refractivity contribution in [1.29, 1.82) is 0 Å². The molecule has 1 aromatic carbocycles. The van der Waals surface area contributed by atoms with Crippen molar-refractivity contribution in [2.75, 3.05) is 0 Å². The topological polar surface area (TPSA) is 37.8 Å². The third-order valence-corrected chi connectivity index (χ3v) is 2.40. The average molecular weight is 206 g/mol. The molecule has 4 heteroatoms. The van der Waals surface area contributed by atoms with Gasteiger partial charge < -0.3 is 4.98 Å². The summed E-state index contributed by atoms with van der Waals surface area (Å²) in [7, 11) is 0. The second-order valence-electron chi connectivity index (χ2n) is 3.02. The zero-order valence-corrected chi connectivity index (χ0v) is 8.37. The first-order valence-corrected chi connectivity index (χ1v) is 4.73. The summed E-state index contributed by atoms with van der Waals surface area (Å²) in [5.74, 6) is 0. The molecular weight excluding hydrogens is 196 g/mol. The molecule has 0 spiro atoms. The van der Waals surface area contributed by atoms with E-state index < -0.39 is 0 Å². The first-order chi connectivity index (χ1) is 6.77. The number of aromatic nitrogens is 2.